The van der Waals surface area contributed by atoms with Gasteiger partial charge in [-0.05, 0) is 75.2 Å². The van der Waals surface area contributed by atoms with Gasteiger partial charge in [0.05, 0.1) is 0 Å². The van der Waals surface area contributed by atoms with Crippen LogP contribution in [0.4, 0.5) is 34.1 Å². The topological polar surface area (TPSA) is 6.48 Å². The Kier molecular flexibility index (Phi) is 5.21. The van der Waals surface area contributed by atoms with Crippen molar-refractivity contribution in [1.29, 1.82) is 0 Å². The largest absolute Gasteiger partial charge is 0.311 e. The molecule has 0 atom stereocenters. The summed E-state index contributed by atoms with van der Waals surface area (Å²) in [5.41, 5.74) is 12.9. The second-order valence-corrected chi connectivity index (χ2v) is 12.2. The van der Waals surface area contributed by atoms with E-state index in [-0.39, 0.29) is 12.1 Å². The molecule has 2 heterocycles. The van der Waals surface area contributed by atoms with E-state index >= 15 is 0 Å². The second kappa shape index (κ2) is 8.87. The highest BCUT2D eigenvalue weighted by Gasteiger charge is 2.43. The Bertz CT molecular complexity index is 1940. The van der Waals surface area contributed by atoms with Gasteiger partial charge < -0.3 is 9.80 Å². The van der Waals surface area contributed by atoms with Gasteiger partial charge in [-0.2, -0.15) is 0 Å². The number of benzene rings is 6. The lowest BCUT2D eigenvalue weighted by Crippen LogP contribution is -2.61. The van der Waals surface area contributed by atoms with Gasteiger partial charge in [-0.3, -0.25) is 0 Å². The molecule has 196 valence electrons. The number of hydrogen-bond donors (Lipinski definition) is 0. The molecule has 6 aromatic carbocycles. The molecule has 0 aromatic heterocycles. The van der Waals surface area contributed by atoms with E-state index in [9.17, 15) is 0 Å². The van der Waals surface area contributed by atoms with Crippen molar-refractivity contribution in [2.24, 2.45) is 0 Å². The fourth-order valence-corrected chi connectivity index (χ4v) is 6.86. The number of para-hydroxylation sites is 2. The molecule has 0 bridgehead atoms. The van der Waals surface area contributed by atoms with Gasteiger partial charge in [0.2, 0.25) is 0 Å². The van der Waals surface area contributed by atoms with E-state index in [4.69, 9.17) is 0 Å². The lowest BCUT2D eigenvalue weighted by Gasteiger charge is -2.44. The van der Waals surface area contributed by atoms with Crippen molar-refractivity contribution in [2.75, 3.05) is 9.80 Å². The summed E-state index contributed by atoms with van der Waals surface area (Å²) < 4.78 is 0. The monoisotopic (exact) mass is 526 g/mol. The van der Waals surface area contributed by atoms with Crippen molar-refractivity contribution in [1.82, 2.24) is 0 Å². The lowest BCUT2D eigenvalue weighted by molar-refractivity contribution is 0.590. The Balaban J connectivity index is 1.50. The molecule has 6 aromatic rings. The van der Waals surface area contributed by atoms with Crippen molar-refractivity contribution >= 4 is 68.0 Å². The average Bonchev–Trinajstić information content (AvgIpc) is 3.01. The highest BCUT2D eigenvalue weighted by atomic mass is 15.2. The lowest BCUT2D eigenvalue weighted by atomic mass is 9.33. The quantitative estimate of drug-likeness (QED) is 0.210. The van der Waals surface area contributed by atoms with E-state index in [0.29, 0.717) is 0 Å². The first-order valence-corrected chi connectivity index (χ1v) is 14.5. The molecular formula is C38H31BN2. The summed E-state index contributed by atoms with van der Waals surface area (Å²) in [7, 11) is 0. The van der Waals surface area contributed by atoms with Crippen molar-refractivity contribution < 1.29 is 0 Å². The predicted molar refractivity (Wildman–Crippen MR) is 177 cm³/mol. The highest BCUT2D eigenvalue weighted by molar-refractivity contribution is 7.00. The Morgan fingerprint density at radius 1 is 0.512 bits per heavy atom. The molecule has 0 radical (unpaired) electrons. The maximum Gasteiger partial charge on any atom is 0.252 e. The SMILES string of the molecule is CC(C)(C)c1ccc2c(c1)N(c1ccccc1)c1cccc3c1B2c1ccc2ccccc2c1N3c1ccccc1. The molecule has 3 heteroatoms. The smallest absolute Gasteiger partial charge is 0.252 e. The highest BCUT2D eigenvalue weighted by Crippen LogP contribution is 2.46. The van der Waals surface area contributed by atoms with Crippen molar-refractivity contribution in [3.8, 4) is 0 Å². The summed E-state index contributed by atoms with van der Waals surface area (Å²) in [6.45, 7) is 7.03. The molecule has 0 spiro atoms. The van der Waals surface area contributed by atoms with Crippen LogP contribution in [0.5, 0.6) is 0 Å². The minimum Gasteiger partial charge on any atom is -0.311 e. The van der Waals surface area contributed by atoms with E-state index < -0.39 is 0 Å². The van der Waals surface area contributed by atoms with Crippen LogP contribution in [0.1, 0.15) is 26.3 Å². The normalized spacial score (nSPS) is 13.6. The maximum atomic E-state index is 2.49. The molecule has 2 aliphatic rings. The van der Waals surface area contributed by atoms with Crippen LogP contribution in [0, 0.1) is 0 Å². The summed E-state index contributed by atoms with van der Waals surface area (Å²) >= 11 is 0. The minimum atomic E-state index is 0.0459. The van der Waals surface area contributed by atoms with Gasteiger partial charge in [-0.25, -0.2) is 0 Å². The van der Waals surface area contributed by atoms with Gasteiger partial charge >= 0.3 is 0 Å². The molecule has 0 saturated carbocycles. The van der Waals surface area contributed by atoms with Crippen LogP contribution >= 0.6 is 0 Å². The van der Waals surface area contributed by atoms with E-state index in [0.717, 1.165) is 0 Å². The molecule has 0 N–H and O–H groups in total. The predicted octanol–water partition coefficient (Wildman–Crippen LogP) is 8.22. The molecule has 0 unspecified atom stereocenters. The summed E-state index contributed by atoms with van der Waals surface area (Å²) in [5, 5.41) is 2.54. The van der Waals surface area contributed by atoms with Gasteiger partial charge in [-0.15, -0.1) is 0 Å². The van der Waals surface area contributed by atoms with Crippen LogP contribution in [0.15, 0.2) is 133 Å². The van der Waals surface area contributed by atoms with Crippen LogP contribution in [0.25, 0.3) is 10.8 Å². The maximum absolute atomic E-state index is 2.49. The van der Waals surface area contributed by atoms with Crippen LogP contribution in [-0.4, -0.2) is 6.71 Å². The molecule has 2 aliphatic heterocycles. The Morgan fingerprint density at radius 2 is 1.12 bits per heavy atom. The fourth-order valence-electron chi connectivity index (χ4n) is 6.86. The first-order valence-electron chi connectivity index (χ1n) is 14.5. The zero-order chi connectivity index (χ0) is 27.7. The molecular weight excluding hydrogens is 495 g/mol. The molecule has 0 amide bonds. The zero-order valence-corrected chi connectivity index (χ0v) is 23.7. The van der Waals surface area contributed by atoms with Gasteiger partial charge in [0.15, 0.2) is 0 Å². The molecule has 0 fully saturated rings. The molecule has 41 heavy (non-hydrogen) atoms. The summed E-state index contributed by atoms with van der Waals surface area (Å²) in [5.74, 6) is 0. The minimum absolute atomic E-state index is 0.0459. The third-order valence-electron chi connectivity index (χ3n) is 8.77. The van der Waals surface area contributed by atoms with E-state index in [1.54, 1.807) is 0 Å². The zero-order valence-electron chi connectivity index (χ0n) is 23.7. The average molecular weight is 526 g/mol. The van der Waals surface area contributed by atoms with Gasteiger partial charge in [0.25, 0.3) is 6.71 Å². The van der Waals surface area contributed by atoms with Crippen molar-refractivity contribution in [3.05, 3.63) is 139 Å². The van der Waals surface area contributed by atoms with Gasteiger partial charge in [0.1, 0.15) is 0 Å². The third kappa shape index (κ3) is 3.58. The number of rotatable bonds is 2. The number of fused-ring (bicyclic) bond motifs is 6. The number of nitrogens with zero attached hydrogens (tertiary/aromatic N) is 2. The van der Waals surface area contributed by atoms with Crippen molar-refractivity contribution in [2.45, 2.75) is 26.2 Å². The summed E-state index contributed by atoms with van der Waals surface area (Å²) in [6, 6.07) is 49.2. The first-order chi connectivity index (χ1) is 20.0. The Morgan fingerprint density at radius 3 is 1.83 bits per heavy atom. The van der Waals surface area contributed by atoms with Crippen molar-refractivity contribution in [3.63, 3.8) is 0 Å². The van der Waals surface area contributed by atoms with Gasteiger partial charge in [0, 0.05) is 39.5 Å². The fraction of sp³-hybridized carbons (Fsp3) is 0.105. The number of anilines is 6. The first kappa shape index (κ1) is 24.1. The molecule has 8 rings (SSSR count). The standard InChI is InChI=1S/C38H31BN2/c1-38(2,3)27-22-24-31-35(25-27)40(28-14-6-4-7-15-28)33-19-12-20-34-36(33)39(31)32-23-21-26-13-10-11-18-30(26)37(32)41(34)29-16-8-5-9-17-29/h4-25H,1-3H3. The van der Waals surface area contributed by atoms with Crippen LogP contribution < -0.4 is 26.2 Å². The van der Waals surface area contributed by atoms with E-state index in [1.165, 1.54) is 66.8 Å². The van der Waals surface area contributed by atoms with Crippen LogP contribution in [-0.2, 0) is 5.41 Å². The van der Waals surface area contributed by atoms with E-state index in [2.05, 4.69) is 164 Å². The van der Waals surface area contributed by atoms with Crippen LogP contribution in [0.3, 0.4) is 0 Å². The Hall–Kier alpha value is -4.76. The molecule has 2 nitrogen and oxygen atoms in total. The number of hydrogen-bond acceptors (Lipinski definition) is 2. The summed E-state index contributed by atoms with van der Waals surface area (Å²) in [6.07, 6.45) is 0. The van der Waals surface area contributed by atoms with Crippen LogP contribution in [0.2, 0.25) is 0 Å². The van der Waals surface area contributed by atoms with Gasteiger partial charge in [-0.1, -0.05) is 112 Å². The molecule has 0 aliphatic carbocycles. The third-order valence-corrected chi connectivity index (χ3v) is 8.77. The Labute approximate surface area is 242 Å². The summed E-state index contributed by atoms with van der Waals surface area (Å²) in [4.78, 5) is 4.97. The van der Waals surface area contributed by atoms with E-state index in [1.807, 2.05) is 0 Å². The second-order valence-electron chi connectivity index (χ2n) is 12.2. The molecule has 0 saturated heterocycles.